The molecule has 6 heteroatoms. The molecular weight excluding hydrogens is 400 g/mol. The minimum atomic E-state index is 0.0939. The van der Waals surface area contributed by atoms with Crippen molar-refractivity contribution in [3.8, 4) is 11.8 Å². The number of hydrogen-bond donors (Lipinski definition) is 2. The number of fused-ring (bicyclic) bond motifs is 1. The Morgan fingerprint density at radius 1 is 1.12 bits per heavy atom. The molecule has 1 aromatic carbocycles. The lowest BCUT2D eigenvalue weighted by molar-refractivity contribution is -0.0591. The molecule has 6 nitrogen and oxygen atoms in total. The Bertz CT molecular complexity index is 822. The number of benzene rings is 1. The molecule has 2 aliphatic heterocycles. The smallest absolute Gasteiger partial charge is 0.317 e. The van der Waals surface area contributed by atoms with Crippen LogP contribution in [0.3, 0.4) is 0 Å². The van der Waals surface area contributed by atoms with E-state index >= 15 is 0 Å². The Balaban J connectivity index is 1.46. The van der Waals surface area contributed by atoms with E-state index in [1.54, 1.807) is 0 Å². The van der Waals surface area contributed by atoms with Gasteiger partial charge in [-0.25, -0.2) is 4.79 Å². The van der Waals surface area contributed by atoms with Crippen LogP contribution in [0.4, 0.5) is 4.79 Å². The molecule has 1 aliphatic carbocycles. The van der Waals surface area contributed by atoms with Crippen molar-refractivity contribution in [2.24, 2.45) is 0 Å². The minimum Gasteiger partial charge on any atom is -0.395 e. The van der Waals surface area contributed by atoms with Crippen LogP contribution in [0.2, 0.25) is 0 Å². The Hall–Kier alpha value is -2.07. The van der Waals surface area contributed by atoms with Gasteiger partial charge in [-0.3, -0.25) is 9.80 Å². The van der Waals surface area contributed by atoms with Crippen LogP contribution in [0.15, 0.2) is 24.3 Å². The molecule has 3 aliphatic rings. The van der Waals surface area contributed by atoms with Crippen molar-refractivity contribution >= 4 is 6.03 Å². The van der Waals surface area contributed by atoms with E-state index in [2.05, 4.69) is 51.2 Å². The Morgan fingerprint density at radius 3 is 2.53 bits per heavy atom. The van der Waals surface area contributed by atoms with Gasteiger partial charge in [-0.1, -0.05) is 36.8 Å². The summed E-state index contributed by atoms with van der Waals surface area (Å²) >= 11 is 0. The quantitative estimate of drug-likeness (QED) is 0.709. The van der Waals surface area contributed by atoms with Crippen molar-refractivity contribution in [3.05, 3.63) is 35.4 Å². The van der Waals surface area contributed by atoms with Crippen LogP contribution in [0.1, 0.15) is 55.6 Å². The molecule has 2 N–H and O–H groups in total. The summed E-state index contributed by atoms with van der Waals surface area (Å²) in [6.07, 6.45) is 6.73. The summed E-state index contributed by atoms with van der Waals surface area (Å²) < 4.78 is 0. The Kier molecular flexibility index (Phi) is 7.72. The summed E-state index contributed by atoms with van der Waals surface area (Å²) in [5, 5.41) is 13.4. The van der Waals surface area contributed by atoms with Crippen molar-refractivity contribution < 1.29 is 9.90 Å². The molecule has 1 aromatic rings. The molecule has 174 valence electrons. The van der Waals surface area contributed by atoms with Crippen molar-refractivity contribution in [1.29, 1.82) is 0 Å². The van der Waals surface area contributed by atoms with Crippen LogP contribution in [-0.4, -0.2) is 90.8 Å². The topological polar surface area (TPSA) is 59.1 Å². The number of urea groups is 1. The first-order valence-electron chi connectivity index (χ1n) is 12.2. The van der Waals surface area contributed by atoms with E-state index in [4.69, 9.17) is 0 Å². The maximum Gasteiger partial charge on any atom is 0.317 e. The zero-order chi connectivity index (χ0) is 22.5. The van der Waals surface area contributed by atoms with Gasteiger partial charge in [-0.05, 0) is 64.0 Å². The third kappa shape index (κ3) is 5.28. The highest BCUT2D eigenvalue weighted by Crippen LogP contribution is 2.42. The van der Waals surface area contributed by atoms with E-state index < -0.39 is 0 Å². The third-order valence-electron chi connectivity index (χ3n) is 7.26. The first-order valence-corrected chi connectivity index (χ1v) is 12.2. The standard InChI is InChI=1S/C26H38N4O2/c1-28(2)15-7-8-20-11-13-21(14-12-20)25-23-18-29(26(32)27-22-9-3-4-10-22)16-5-6-17-30(23)24(25)19-31/h11-14,22-25,31H,3-6,9-10,15-19H2,1-2H3,(H,27,32)/t23-,24-,25+/m1/s1. The highest BCUT2D eigenvalue weighted by Gasteiger charge is 2.49. The average molecular weight is 439 g/mol. The van der Waals surface area contributed by atoms with Gasteiger partial charge in [0.1, 0.15) is 0 Å². The van der Waals surface area contributed by atoms with Gasteiger partial charge in [-0.2, -0.15) is 0 Å². The number of carbonyl (C=O) groups excluding carboxylic acids is 1. The molecule has 3 atom stereocenters. The minimum absolute atomic E-state index is 0.0939. The van der Waals surface area contributed by atoms with E-state index in [9.17, 15) is 9.90 Å². The normalized spacial score (nSPS) is 26.5. The molecule has 2 saturated heterocycles. The number of nitrogens with one attached hydrogen (secondary N) is 1. The summed E-state index contributed by atoms with van der Waals surface area (Å²) in [5.74, 6) is 6.64. The summed E-state index contributed by atoms with van der Waals surface area (Å²) in [6.45, 7) is 3.44. The van der Waals surface area contributed by atoms with Gasteiger partial charge < -0.3 is 15.3 Å². The molecule has 1 saturated carbocycles. The molecule has 0 radical (unpaired) electrons. The number of carbonyl (C=O) groups is 1. The maximum absolute atomic E-state index is 13.0. The molecule has 2 heterocycles. The lowest BCUT2D eigenvalue weighted by Crippen LogP contribution is -2.68. The van der Waals surface area contributed by atoms with Crippen molar-refractivity contribution in [2.75, 3.05) is 46.9 Å². The third-order valence-corrected chi connectivity index (χ3v) is 7.26. The maximum atomic E-state index is 13.0. The van der Waals surface area contributed by atoms with Gasteiger partial charge in [0, 0.05) is 42.7 Å². The molecule has 0 unspecified atom stereocenters. The highest BCUT2D eigenvalue weighted by molar-refractivity contribution is 5.74. The summed E-state index contributed by atoms with van der Waals surface area (Å²) in [6, 6.07) is 9.31. The van der Waals surface area contributed by atoms with Crippen LogP contribution in [0.5, 0.6) is 0 Å². The number of hydrogen-bond acceptors (Lipinski definition) is 4. The van der Waals surface area contributed by atoms with E-state index in [0.29, 0.717) is 6.04 Å². The second kappa shape index (κ2) is 10.7. The molecule has 0 bridgehead atoms. The fourth-order valence-electron chi connectivity index (χ4n) is 5.55. The number of rotatable bonds is 4. The summed E-state index contributed by atoms with van der Waals surface area (Å²) in [5.41, 5.74) is 2.25. The van der Waals surface area contributed by atoms with Gasteiger partial charge in [-0.15, -0.1) is 0 Å². The van der Waals surface area contributed by atoms with Crippen LogP contribution in [0, 0.1) is 11.8 Å². The van der Waals surface area contributed by atoms with Gasteiger partial charge in [0.2, 0.25) is 0 Å². The molecule has 0 spiro atoms. The van der Waals surface area contributed by atoms with Crippen molar-refractivity contribution in [2.45, 2.75) is 62.6 Å². The second-order valence-electron chi connectivity index (χ2n) is 9.83. The van der Waals surface area contributed by atoms with Crippen LogP contribution < -0.4 is 5.32 Å². The first-order chi connectivity index (χ1) is 15.6. The van der Waals surface area contributed by atoms with Crippen LogP contribution in [0.25, 0.3) is 0 Å². The summed E-state index contributed by atoms with van der Waals surface area (Å²) in [7, 11) is 4.03. The Labute approximate surface area is 192 Å². The van der Waals surface area contributed by atoms with E-state index in [1.807, 2.05) is 19.0 Å². The molecule has 2 amide bonds. The Morgan fingerprint density at radius 2 is 1.84 bits per heavy atom. The first kappa shape index (κ1) is 23.1. The zero-order valence-electron chi connectivity index (χ0n) is 19.6. The predicted molar refractivity (Wildman–Crippen MR) is 128 cm³/mol. The predicted octanol–water partition coefficient (Wildman–Crippen LogP) is 2.48. The number of nitrogens with zero attached hydrogens (tertiary/aromatic N) is 3. The largest absolute Gasteiger partial charge is 0.395 e. The van der Waals surface area contributed by atoms with Gasteiger partial charge in [0.05, 0.1) is 13.2 Å². The zero-order valence-corrected chi connectivity index (χ0v) is 19.6. The number of aliphatic hydroxyl groups is 1. The number of amides is 2. The van der Waals surface area contributed by atoms with Gasteiger partial charge in [0.15, 0.2) is 0 Å². The number of aliphatic hydroxyl groups excluding tert-OH is 1. The van der Waals surface area contributed by atoms with Gasteiger partial charge >= 0.3 is 6.03 Å². The molecular formula is C26H38N4O2. The highest BCUT2D eigenvalue weighted by atomic mass is 16.3. The fraction of sp³-hybridized carbons (Fsp3) is 0.654. The van der Waals surface area contributed by atoms with Gasteiger partial charge in [0.25, 0.3) is 0 Å². The monoisotopic (exact) mass is 438 g/mol. The summed E-state index contributed by atoms with van der Waals surface area (Å²) in [4.78, 5) is 19.5. The van der Waals surface area contributed by atoms with Crippen LogP contribution >= 0.6 is 0 Å². The molecule has 32 heavy (non-hydrogen) atoms. The van der Waals surface area contributed by atoms with Crippen molar-refractivity contribution in [1.82, 2.24) is 20.0 Å². The van der Waals surface area contributed by atoms with Crippen molar-refractivity contribution in [3.63, 3.8) is 0 Å². The second-order valence-corrected chi connectivity index (χ2v) is 9.83. The van der Waals surface area contributed by atoms with E-state index in [-0.39, 0.29) is 30.6 Å². The SMILES string of the molecule is CN(C)CC#Cc1ccc([C@@H]2[C@@H](CO)N3CCCCN(C(=O)NC4CCCC4)C[C@H]23)cc1. The lowest BCUT2D eigenvalue weighted by Gasteiger charge is -2.57. The average Bonchev–Trinajstić information content (AvgIpc) is 3.26. The van der Waals surface area contributed by atoms with E-state index in [1.165, 1.54) is 18.4 Å². The molecule has 4 rings (SSSR count). The van der Waals surface area contributed by atoms with E-state index in [0.717, 1.165) is 57.4 Å². The molecule has 3 fully saturated rings. The molecule has 0 aromatic heterocycles. The lowest BCUT2D eigenvalue weighted by atomic mass is 9.74. The fourth-order valence-corrected chi connectivity index (χ4v) is 5.55. The van der Waals surface area contributed by atoms with Crippen LogP contribution in [-0.2, 0) is 0 Å².